The van der Waals surface area contributed by atoms with Gasteiger partial charge in [-0.2, -0.15) is 4.98 Å². The van der Waals surface area contributed by atoms with E-state index in [2.05, 4.69) is 34.6 Å². The zero-order chi connectivity index (χ0) is 13.2. The van der Waals surface area contributed by atoms with Crippen LogP contribution in [0.3, 0.4) is 0 Å². The van der Waals surface area contributed by atoms with Gasteiger partial charge in [0, 0.05) is 11.1 Å². The van der Waals surface area contributed by atoms with Crippen LogP contribution in [-0.4, -0.2) is 10.1 Å². The van der Waals surface area contributed by atoms with E-state index < -0.39 is 0 Å². The number of hydrogen-bond acceptors (Lipinski definition) is 5. The highest BCUT2D eigenvalue weighted by Crippen LogP contribution is 2.31. The molecular formula is C14H15N3OS. The molecule has 5 heteroatoms. The molecule has 2 heterocycles. The van der Waals surface area contributed by atoms with E-state index in [1.54, 1.807) is 11.3 Å². The predicted molar refractivity (Wildman–Crippen MR) is 76.1 cm³/mol. The van der Waals surface area contributed by atoms with E-state index in [0.717, 1.165) is 18.4 Å². The minimum Gasteiger partial charge on any atom is -0.339 e. The van der Waals surface area contributed by atoms with Crippen molar-refractivity contribution in [3.63, 3.8) is 0 Å². The Kier molecular flexibility index (Phi) is 3.31. The zero-order valence-electron chi connectivity index (χ0n) is 10.7. The molecule has 0 spiro atoms. The fraction of sp³-hybridized carbons (Fsp3) is 0.286. The van der Waals surface area contributed by atoms with Crippen LogP contribution in [0.2, 0.25) is 0 Å². The Hall–Kier alpha value is -1.72. The van der Waals surface area contributed by atoms with E-state index in [0.29, 0.717) is 11.7 Å². The Morgan fingerprint density at radius 1 is 1.37 bits per heavy atom. The molecule has 0 saturated heterocycles. The molecule has 0 aliphatic rings. The molecule has 2 aromatic heterocycles. The van der Waals surface area contributed by atoms with Gasteiger partial charge in [0.2, 0.25) is 5.89 Å². The topological polar surface area (TPSA) is 64.9 Å². The smallest absolute Gasteiger partial charge is 0.226 e. The number of fused-ring (bicyclic) bond motifs is 1. The standard InChI is InChI=1S/C14H15N3OS/c1-2-5-12-16-14(17-18-12)13(15)10-8-19-11-7-4-3-6-9(10)11/h3-4,6-8,13H,2,5,15H2,1H3. The van der Waals surface area contributed by atoms with Gasteiger partial charge in [-0.1, -0.05) is 30.3 Å². The maximum Gasteiger partial charge on any atom is 0.226 e. The summed E-state index contributed by atoms with van der Waals surface area (Å²) in [5.41, 5.74) is 7.32. The van der Waals surface area contributed by atoms with E-state index >= 15 is 0 Å². The number of aryl methyl sites for hydroxylation is 1. The Morgan fingerprint density at radius 3 is 3.05 bits per heavy atom. The summed E-state index contributed by atoms with van der Waals surface area (Å²) < 4.78 is 6.43. The van der Waals surface area contributed by atoms with E-state index in [9.17, 15) is 0 Å². The summed E-state index contributed by atoms with van der Waals surface area (Å²) in [5, 5.41) is 7.23. The molecule has 1 unspecified atom stereocenters. The summed E-state index contributed by atoms with van der Waals surface area (Å²) >= 11 is 1.69. The third-order valence-electron chi connectivity index (χ3n) is 3.07. The molecule has 4 nitrogen and oxygen atoms in total. The van der Waals surface area contributed by atoms with Crippen molar-refractivity contribution >= 4 is 21.4 Å². The Balaban J connectivity index is 1.96. The highest BCUT2D eigenvalue weighted by molar-refractivity contribution is 7.17. The molecule has 0 bridgehead atoms. The molecule has 3 rings (SSSR count). The van der Waals surface area contributed by atoms with Crippen LogP contribution in [0.1, 0.15) is 36.7 Å². The van der Waals surface area contributed by atoms with Crippen LogP contribution in [0, 0.1) is 0 Å². The lowest BCUT2D eigenvalue weighted by Gasteiger charge is -2.05. The first-order chi connectivity index (χ1) is 9.29. The second kappa shape index (κ2) is 5.11. The molecule has 0 radical (unpaired) electrons. The lowest BCUT2D eigenvalue weighted by atomic mass is 10.1. The SMILES string of the molecule is CCCc1nc(C(N)c2csc3ccccc23)no1. The molecule has 19 heavy (non-hydrogen) atoms. The fourth-order valence-corrected chi connectivity index (χ4v) is 3.09. The van der Waals surface area contributed by atoms with Crippen molar-refractivity contribution in [1.29, 1.82) is 0 Å². The van der Waals surface area contributed by atoms with Gasteiger partial charge in [-0.05, 0) is 28.8 Å². The van der Waals surface area contributed by atoms with Gasteiger partial charge in [0.25, 0.3) is 0 Å². The summed E-state index contributed by atoms with van der Waals surface area (Å²) in [7, 11) is 0. The Labute approximate surface area is 115 Å². The third kappa shape index (κ3) is 2.27. The summed E-state index contributed by atoms with van der Waals surface area (Å²) in [6.07, 6.45) is 1.78. The van der Waals surface area contributed by atoms with Gasteiger partial charge in [-0.25, -0.2) is 0 Å². The Morgan fingerprint density at radius 2 is 2.21 bits per heavy atom. The first-order valence-electron chi connectivity index (χ1n) is 6.33. The number of thiophene rings is 1. The number of aromatic nitrogens is 2. The molecule has 0 saturated carbocycles. The van der Waals surface area contributed by atoms with Gasteiger partial charge >= 0.3 is 0 Å². The van der Waals surface area contributed by atoms with Crippen molar-refractivity contribution in [2.75, 3.05) is 0 Å². The van der Waals surface area contributed by atoms with Crippen molar-refractivity contribution < 1.29 is 4.52 Å². The highest BCUT2D eigenvalue weighted by atomic mass is 32.1. The van der Waals surface area contributed by atoms with Gasteiger partial charge < -0.3 is 10.3 Å². The number of nitrogens with two attached hydrogens (primary N) is 1. The molecule has 0 fully saturated rings. The van der Waals surface area contributed by atoms with E-state index in [4.69, 9.17) is 10.3 Å². The van der Waals surface area contributed by atoms with Gasteiger partial charge in [-0.15, -0.1) is 11.3 Å². The van der Waals surface area contributed by atoms with Crippen molar-refractivity contribution in [3.8, 4) is 0 Å². The molecule has 3 aromatic rings. The summed E-state index contributed by atoms with van der Waals surface area (Å²) in [5.74, 6) is 1.22. The van der Waals surface area contributed by atoms with Crippen LogP contribution >= 0.6 is 11.3 Å². The van der Waals surface area contributed by atoms with Crippen LogP contribution < -0.4 is 5.73 Å². The normalized spacial score (nSPS) is 12.9. The molecule has 98 valence electrons. The molecule has 0 amide bonds. The van der Waals surface area contributed by atoms with Crippen molar-refractivity contribution in [3.05, 3.63) is 46.9 Å². The maximum atomic E-state index is 6.26. The van der Waals surface area contributed by atoms with E-state index in [1.165, 1.54) is 10.1 Å². The number of nitrogens with zero attached hydrogens (tertiary/aromatic N) is 2. The van der Waals surface area contributed by atoms with Gasteiger partial charge in [-0.3, -0.25) is 0 Å². The van der Waals surface area contributed by atoms with E-state index in [1.807, 2.05) is 12.1 Å². The summed E-state index contributed by atoms with van der Waals surface area (Å²) in [6.45, 7) is 2.08. The average molecular weight is 273 g/mol. The predicted octanol–water partition coefficient (Wildman–Crippen LogP) is 3.28. The van der Waals surface area contributed by atoms with Crippen LogP contribution in [-0.2, 0) is 6.42 Å². The van der Waals surface area contributed by atoms with Crippen LogP contribution in [0.15, 0.2) is 34.2 Å². The minimum absolute atomic E-state index is 0.328. The first kappa shape index (κ1) is 12.3. The molecular weight excluding hydrogens is 258 g/mol. The molecule has 0 aliphatic heterocycles. The second-order valence-electron chi connectivity index (χ2n) is 4.46. The Bertz CT molecular complexity index is 689. The average Bonchev–Trinajstić information content (AvgIpc) is 3.05. The molecule has 2 N–H and O–H groups in total. The van der Waals surface area contributed by atoms with Gasteiger partial charge in [0.1, 0.15) is 0 Å². The van der Waals surface area contributed by atoms with Crippen LogP contribution in [0.4, 0.5) is 0 Å². The molecule has 1 aromatic carbocycles. The van der Waals surface area contributed by atoms with Gasteiger partial charge in [0.05, 0.1) is 6.04 Å². The highest BCUT2D eigenvalue weighted by Gasteiger charge is 2.19. The van der Waals surface area contributed by atoms with Gasteiger partial charge in [0.15, 0.2) is 5.82 Å². The van der Waals surface area contributed by atoms with Crippen LogP contribution in [0.25, 0.3) is 10.1 Å². The fourth-order valence-electron chi connectivity index (χ4n) is 2.09. The summed E-state index contributed by atoms with van der Waals surface area (Å²) in [4.78, 5) is 4.36. The quantitative estimate of drug-likeness (QED) is 0.792. The first-order valence-corrected chi connectivity index (χ1v) is 7.21. The lowest BCUT2D eigenvalue weighted by molar-refractivity contribution is 0.370. The number of hydrogen-bond donors (Lipinski definition) is 1. The minimum atomic E-state index is -0.328. The lowest BCUT2D eigenvalue weighted by Crippen LogP contribution is -2.13. The number of rotatable bonds is 4. The van der Waals surface area contributed by atoms with Crippen molar-refractivity contribution in [2.24, 2.45) is 5.73 Å². The largest absolute Gasteiger partial charge is 0.339 e. The summed E-state index contributed by atoms with van der Waals surface area (Å²) in [6, 6.07) is 7.89. The monoisotopic (exact) mass is 273 g/mol. The zero-order valence-corrected chi connectivity index (χ0v) is 11.5. The van der Waals surface area contributed by atoms with Crippen LogP contribution in [0.5, 0.6) is 0 Å². The second-order valence-corrected chi connectivity index (χ2v) is 5.37. The van der Waals surface area contributed by atoms with Crippen molar-refractivity contribution in [2.45, 2.75) is 25.8 Å². The molecule has 0 aliphatic carbocycles. The van der Waals surface area contributed by atoms with Crippen molar-refractivity contribution in [1.82, 2.24) is 10.1 Å². The maximum absolute atomic E-state index is 6.26. The number of benzene rings is 1. The third-order valence-corrected chi connectivity index (χ3v) is 4.05. The molecule has 1 atom stereocenters. The van der Waals surface area contributed by atoms with E-state index in [-0.39, 0.29) is 6.04 Å².